The number of pyridine rings is 1. The van der Waals surface area contributed by atoms with Gasteiger partial charge in [0.15, 0.2) is 0 Å². The predicted octanol–water partition coefficient (Wildman–Crippen LogP) is 12.0. The van der Waals surface area contributed by atoms with E-state index in [1.807, 2.05) is 122 Å². The molecule has 0 aliphatic rings. The number of nitrogens with zero attached hydrogens (tertiary/aromatic N) is 4. The summed E-state index contributed by atoms with van der Waals surface area (Å²) >= 11 is 0. The molecular formula is C52H40N4O4S. The van der Waals surface area contributed by atoms with Crippen LogP contribution in [0.5, 0.6) is 0 Å². The number of fused-ring (bicyclic) bond motifs is 6. The Morgan fingerprint density at radius 1 is 0.590 bits per heavy atom. The summed E-state index contributed by atoms with van der Waals surface area (Å²) in [5.74, 6) is -0.0394. The molecule has 0 saturated carbocycles. The first kappa shape index (κ1) is 37.8. The van der Waals surface area contributed by atoms with Crippen molar-refractivity contribution in [1.29, 1.82) is 0 Å². The average molecular weight is 817 g/mol. The standard InChI is InChI=1S/C52H40N4O4S/c1-4-54(2)52(57)37-18-13-17-36(29-37)45-32-38(31-44(53-45)34-15-7-5-8-16-34)35-25-27-48-42(30-35)43-33-40(26-28-49(43)60-48)56-46-22-12-11-21-41(46)51-47(56)23-14-24-50(51)61(58,59)55(3)39-19-9-6-10-20-39/h5-33H,4H2,1-3H3. The molecule has 0 unspecified atom stereocenters. The summed E-state index contributed by atoms with van der Waals surface area (Å²) in [5, 5.41) is 3.37. The second kappa shape index (κ2) is 15.0. The molecule has 1 amide bonds. The number of aromatic nitrogens is 2. The van der Waals surface area contributed by atoms with Gasteiger partial charge in [0.25, 0.3) is 15.9 Å². The van der Waals surface area contributed by atoms with E-state index in [1.54, 1.807) is 37.2 Å². The van der Waals surface area contributed by atoms with Crippen LogP contribution >= 0.6 is 0 Å². The molecule has 0 saturated heterocycles. The van der Waals surface area contributed by atoms with E-state index in [1.165, 1.54) is 4.31 Å². The predicted molar refractivity (Wildman–Crippen MR) is 247 cm³/mol. The number of anilines is 1. The van der Waals surface area contributed by atoms with Crippen molar-refractivity contribution in [2.24, 2.45) is 0 Å². The van der Waals surface area contributed by atoms with Crippen LogP contribution in [-0.2, 0) is 10.0 Å². The van der Waals surface area contributed by atoms with Crippen LogP contribution in [-0.4, -0.2) is 49.4 Å². The molecule has 0 aliphatic carbocycles. The Labute approximate surface area is 353 Å². The fourth-order valence-corrected chi connectivity index (χ4v) is 9.68. The molecule has 10 rings (SSSR count). The van der Waals surface area contributed by atoms with Gasteiger partial charge in [-0.1, -0.05) is 91.0 Å². The van der Waals surface area contributed by atoms with Gasteiger partial charge in [0.1, 0.15) is 11.2 Å². The van der Waals surface area contributed by atoms with Gasteiger partial charge >= 0.3 is 0 Å². The quantitative estimate of drug-likeness (QED) is 0.145. The number of carbonyl (C=O) groups excluding carboxylic acids is 1. The van der Waals surface area contributed by atoms with Gasteiger partial charge in [-0.05, 0) is 103 Å². The van der Waals surface area contributed by atoms with Gasteiger partial charge in [-0.3, -0.25) is 9.10 Å². The van der Waals surface area contributed by atoms with Crippen LogP contribution in [0.25, 0.3) is 83.1 Å². The smallest absolute Gasteiger partial charge is 0.264 e. The summed E-state index contributed by atoms with van der Waals surface area (Å²) in [6.07, 6.45) is 0. The second-order valence-corrected chi connectivity index (χ2v) is 17.1. The Hall–Kier alpha value is -7.49. The highest BCUT2D eigenvalue weighted by molar-refractivity contribution is 7.93. The molecule has 61 heavy (non-hydrogen) atoms. The molecule has 0 fully saturated rings. The normalized spacial score (nSPS) is 11.8. The van der Waals surface area contributed by atoms with Crippen molar-refractivity contribution >= 4 is 65.4 Å². The highest BCUT2D eigenvalue weighted by Gasteiger charge is 2.27. The highest BCUT2D eigenvalue weighted by Crippen LogP contribution is 2.40. The molecular weight excluding hydrogens is 777 g/mol. The van der Waals surface area contributed by atoms with Crippen LogP contribution in [0.15, 0.2) is 185 Å². The lowest BCUT2D eigenvalue weighted by Crippen LogP contribution is -2.26. The maximum absolute atomic E-state index is 14.3. The van der Waals surface area contributed by atoms with E-state index < -0.39 is 10.0 Å². The number of furan rings is 1. The minimum Gasteiger partial charge on any atom is -0.456 e. The molecule has 8 nitrogen and oxygen atoms in total. The molecule has 0 bridgehead atoms. The summed E-state index contributed by atoms with van der Waals surface area (Å²) in [4.78, 5) is 20.2. The van der Waals surface area contributed by atoms with E-state index >= 15 is 0 Å². The SMILES string of the molecule is CCN(C)C(=O)c1cccc(-c2cc(-c3ccc4oc5ccc(-n6c7ccccc7c7c(S(=O)(=O)N(C)c8ccccc8)cccc76)cc5c4c3)cc(-c3ccccc3)n2)c1. The molecule has 7 aromatic carbocycles. The molecule has 9 heteroatoms. The summed E-state index contributed by atoms with van der Waals surface area (Å²) in [5.41, 5.74) is 10.6. The number of rotatable bonds is 9. The Morgan fingerprint density at radius 2 is 1.23 bits per heavy atom. The minimum atomic E-state index is -3.93. The van der Waals surface area contributed by atoms with Crippen molar-refractivity contribution < 1.29 is 17.6 Å². The van der Waals surface area contributed by atoms with Gasteiger partial charge in [0.05, 0.1) is 33.0 Å². The van der Waals surface area contributed by atoms with Gasteiger partial charge in [-0.15, -0.1) is 0 Å². The molecule has 0 N–H and O–H groups in total. The third kappa shape index (κ3) is 6.50. The van der Waals surface area contributed by atoms with Crippen molar-refractivity contribution in [2.75, 3.05) is 24.9 Å². The largest absolute Gasteiger partial charge is 0.456 e. The Kier molecular flexibility index (Phi) is 9.26. The fourth-order valence-electron chi connectivity index (χ4n) is 8.27. The maximum Gasteiger partial charge on any atom is 0.264 e. The van der Waals surface area contributed by atoms with Gasteiger partial charge < -0.3 is 13.9 Å². The number of hydrogen-bond donors (Lipinski definition) is 0. The lowest BCUT2D eigenvalue weighted by Gasteiger charge is -2.20. The number of amides is 1. The molecule has 0 atom stereocenters. The van der Waals surface area contributed by atoms with E-state index in [0.29, 0.717) is 23.2 Å². The Morgan fingerprint density at radius 3 is 2.00 bits per heavy atom. The third-order valence-corrected chi connectivity index (χ3v) is 13.4. The van der Waals surface area contributed by atoms with Crippen LogP contribution in [0.3, 0.4) is 0 Å². The van der Waals surface area contributed by atoms with Crippen molar-refractivity contribution in [3.05, 3.63) is 181 Å². The molecule has 0 radical (unpaired) electrons. The number of sulfonamides is 1. The van der Waals surface area contributed by atoms with Crippen LogP contribution in [0.2, 0.25) is 0 Å². The number of hydrogen-bond acceptors (Lipinski definition) is 5. The summed E-state index contributed by atoms with van der Waals surface area (Å²) < 4.78 is 38.6. The van der Waals surface area contributed by atoms with Gasteiger partial charge in [-0.25, -0.2) is 13.4 Å². The van der Waals surface area contributed by atoms with Crippen molar-refractivity contribution in [1.82, 2.24) is 14.5 Å². The van der Waals surface area contributed by atoms with E-state index in [2.05, 4.69) is 47.0 Å². The third-order valence-electron chi connectivity index (χ3n) is 11.6. The number of carbonyl (C=O) groups is 1. The zero-order valence-corrected chi connectivity index (χ0v) is 34.6. The van der Waals surface area contributed by atoms with E-state index in [-0.39, 0.29) is 10.8 Å². The maximum atomic E-state index is 14.3. The Bertz CT molecular complexity index is 3430. The van der Waals surface area contributed by atoms with Crippen molar-refractivity contribution in [3.63, 3.8) is 0 Å². The first-order valence-corrected chi connectivity index (χ1v) is 21.6. The summed E-state index contributed by atoms with van der Waals surface area (Å²) in [6, 6.07) is 56.8. The van der Waals surface area contributed by atoms with Crippen LogP contribution in [0.1, 0.15) is 17.3 Å². The first-order valence-electron chi connectivity index (χ1n) is 20.2. The van der Waals surface area contributed by atoms with E-state index in [9.17, 15) is 13.2 Å². The van der Waals surface area contributed by atoms with Crippen LogP contribution in [0.4, 0.5) is 5.69 Å². The van der Waals surface area contributed by atoms with E-state index in [0.717, 1.165) is 77.7 Å². The second-order valence-electron chi connectivity index (χ2n) is 15.2. The molecule has 3 heterocycles. The van der Waals surface area contributed by atoms with Crippen molar-refractivity contribution in [2.45, 2.75) is 11.8 Å². The topological polar surface area (TPSA) is 88.7 Å². The van der Waals surface area contributed by atoms with Gasteiger partial charge in [0.2, 0.25) is 0 Å². The van der Waals surface area contributed by atoms with Crippen molar-refractivity contribution in [3.8, 4) is 39.3 Å². The molecule has 0 aliphatic heterocycles. The zero-order chi connectivity index (χ0) is 41.8. The van der Waals surface area contributed by atoms with Gasteiger partial charge in [0, 0.05) is 64.6 Å². The van der Waals surface area contributed by atoms with Crippen LogP contribution < -0.4 is 4.31 Å². The summed E-state index contributed by atoms with van der Waals surface area (Å²) in [6.45, 7) is 2.57. The van der Waals surface area contributed by atoms with Crippen LogP contribution in [0, 0.1) is 0 Å². The first-order chi connectivity index (χ1) is 29.7. The minimum absolute atomic E-state index is 0.0394. The van der Waals surface area contributed by atoms with Gasteiger partial charge in [-0.2, -0.15) is 0 Å². The molecule has 3 aromatic heterocycles. The average Bonchev–Trinajstić information content (AvgIpc) is 3.86. The highest BCUT2D eigenvalue weighted by atomic mass is 32.2. The lowest BCUT2D eigenvalue weighted by atomic mass is 9.98. The fraction of sp³-hybridized carbons (Fsp3) is 0.0769. The number of para-hydroxylation sites is 2. The number of benzene rings is 7. The molecule has 298 valence electrons. The molecule has 10 aromatic rings. The summed E-state index contributed by atoms with van der Waals surface area (Å²) in [7, 11) is -0.535. The Balaban J connectivity index is 1.12. The lowest BCUT2D eigenvalue weighted by molar-refractivity contribution is 0.0802. The zero-order valence-electron chi connectivity index (χ0n) is 33.8. The molecule has 0 spiro atoms. The monoisotopic (exact) mass is 816 g/mol. The van der Waals surface area contributed by atoms with E-state index in [4.69, 9.17) is 9.40 Å².